The molecule has 0 bridgehead atoms. The molecule has 1 aliphatic carbocycles. The highest BCUT2D eigenvalue weighted by Gasteiger charge is 2.49. The van der Waals surface area contributed by atoms with Crippen molar-refractivity contribution in [2.75, 3.05) is 6.61 Å². The van der Waals surface area contributed by atoms with Crippen molar-refractivity contribution < 1.29 is 19.7 Å². The minimum absolute atomic E-state index is 0.298. The molecule has 1 saturated heterocycles. The van der Waals surface area contributed by atoms with Gasteiger partial charge in [0.1, 0.15) is 0 Å². The van der Waals surface area contributed by atoms with Gasteiger partial charge in [-0.1, -0.05) is 25.7 Å². The molecule has 0 spiro atoms. The number of aliphatic hydroxyl groups excluding tert-OH is 1. The Morgan fingerprint density at radius 1 is 1.44 bits per heavy atom. The van der Waals surface area contributed by atoms with E-state index in [1.54, 1.807) is 0 Å². The van der Waals surface area contributed by atoms with Gasteiger partial charge in [0.05, 0.1) is 17.6 Å². The van der Waals surface area contributed by atoms with E-state index in [1.807, 2.05) is 6.92 Å². The van der Waals surface area contributed by atoms with Gasteiger partial charge in [0, 0.05) is 6.61 Å². The summed E-state index contributed by atoms with van der Waals surface area (Å²) in [4.78, 5) is 11.5. The summed E-state index contributed by atoms with van der Waals surface area (Å²) in [5.74, 6) is -0.235. The van der Waals surface area contributed by atoms with Crippen molar-refractivity contribution in [3.05, 3.63) is 0 Å². The van der Waals surface area contributed by atoms with Crippen LogP contribution < -0.4 is 0 Å². The lowest BCUT2D eigenvalue weighted by Crippen LogP contribution is -2.40. The van der Waals surface area contributed by atoms with Gasteiger partial charge >= 0.3 is 5.97 Å². The third kappa shape index (κ3) is 2.69. The molecule has 0 aromatic heterocycles. The number of carboxylic acids is 1. The standard InChI is InChI=1S/C14H24O4/c1-10-14(13(16)17,6-7-18-10)9-12(15)8-11-4-2-3-5-11/h10-12,15H,2-9H2,1H3,(H,16,17). The Kier molecular flexibility index (Phi) is 4.28. The molecule has 1 saturated carbocycles. The molecule has 2 fully saturated rings. The highest BCUT2D eigenvalue weighted by molar-refractivity contribution is 5.75. The molecule has 2 aliphatic rings. The van der Waals surface area contributed by atoms with Crippen LogP contribution in [0, 0.1) is 11.3 Å². The number of carbonyl (C=O) groups is 1. The maximum Gasteiger partial charge on any atom is 0.312 e. The Morgan fingerprint density at radius 3 is 2.61 bits per heavy atom. The number of carboxylic acid groups (broad SMARTS) is 1. The van der Waals surface area contributed by atoms with Crippen LogP contribution in [-0.2, 0) is 9.53 Å². The molecule has 2 rings (SSSR count). The van der Waals surface area contributed by atoms with Gasteiger partial charge in [0.25, 0.3) is 0 Å². The van der Waals surface area contributed by atoms with Crippen molar-refractivity contribution in [3.63, 3.8) is 0 Å². The van der Waals surface area contributed by atoms with Crippen molar-refractivity contribution in [1.29, 1.82) is 0 Å². The zero-order chi connectivity index (χ0) is 13.2. The van der Waals surface area contributed by atoms with E-state index in [0.717, 1.165) is 6.42 Å². The molecule has 3 unspecified atom stereocenters. The summed E-state index contributed by atoms with van der Waals surface area (Å²) in [6, 6.07) is 0. The van der Waals surface area contributed by atoms with E-state index in [2.05, 4.69) is 0 Å². The van der Waals surface area contributed by atoms with Gasteiger partial charge in [0.15, 0.2) is 0 Å². The average molecular weight is 256 g/mol. The Morgan fingerprint density at radius 2 is 2.11 bits per heavy atom. The number of ether oxygens (including phenoxy) is 1. The monoisotopic (exact) mass is 256 g/mol. The van der Waals surface area contributed by atoms with E-state index in [4.69, 9.17) is 4.74 Å². The van der Waals surface area contributed by atoms with Gasteiger partial charge in [-0.05, 0) is 32.1 Å². The first-order valence-corrected chi connectivity index (χ1v) is 7.07. The van der Waals surface area contributed by atoms with E-state index in [0.29, 0.717) is 25.4 Å². The van der Waals surface area contributed by atoms with Crippen LogP contribution >= 0.6 is 0 Å². The van der Waals surface area contributed by atoms with Crippen molar-refractivity contribution in [1.82, 2.24) is 0 Å². The third-order valence-corrected chi connectivity index (χ3v) is 4.80. The highest BCUT2D eigenvalue weighted by Crippen LogP contribution is 2.41. The first-order valence-electron chi connectivity index (χ1n) is 7.07. The fraction of sp³-hybridized carbons (Fsp3) is 0.929. The van der Waals surface area contributed by atoms with Gasteiger partial charge in [-0.3, -0.25) is 4.79 Å². The topological polar surface area (TPSA) is 66.8 Å². The summed E-state index contributed by atoms with van der Waals surface area (Å²) in [6.07, 6.45) is 5.67. The van der Waals surface area contributed by atoms with E-state index in [-0.39, 0.29) is 6.10 Å². The van der Waals surface area contributed by atoms with Crippen LogP contribution in [0.1, 0.15) is 51.9 Å². The van der Waals surface area contributed by atoms with Crippen LogP contribution in [0.4, 0.5) is 0 Å². The van der Waals surface area contributed by atoms with E-state index >= 15 is 0 Å². The van der Waals surface area contributed by atoms with Crippen LogP contribution in [0.5, 0.6) is 0 Å². The smallest absolute Gasteiger partial charge is 0.312 e. The first kappa shape index (κ1) is 13.8. The maximum atomic E-state index is 11.5. The molecule has 1 heterocycles. The Labute approximate surface area is 108 Å². The predicted octanol–water partition coefficient (Wildman–Crippen LogP) is 2.20. The molecule has 2 N–H and O–H groups in total. The summed E-state index contributed by atoms with van der Waals surface area (Å²) >= 11 is 0. The average Bonchev–Trinajstić information content (AvgIpc) is 2.90. The van der Waals surface area contributed by atoms with Gasteiger partial charge in [-0.25, -0.2) is 0 Å². The second kappa shape index (κ2) is 5.57. The van der Waals surface area contributed by atoms with Crippen LogP contribution in [0.25, 0.3) is 0 Å². The lowest BCUT2D eigenvalue weighted by atomic mass is 9.75. The summed E-state index contributed by atoms with van der Waals surface area (Å²) in [7, 11) is 0. The molecule has 0 aromatic rings. The molecule has 0 radical (unpaired) electrons. The Hall–Kier alpha value is -0.610. The van der Waals surface area contributed by atoms with Crippen LogP contribution in [0.3, 0.4) is 0 Å². The Balaban J connectivity index is 1.94. The number of aliphatic carboxylic acids is 1. The minimum Gasteiger partial charge on any atom is -0.481 e. The molecular formula is C14H24O4. The van der Waals surface area contributed by atoms with Crippen molar-refractivity contribution in [2.45, 2.75) is 64.1 Å². The van der Waals surface area contributed by atoms with Gasteiger partial charge < -0.3 is 14.9 Å². The fourth-order valence-electron chi connectivity index (χ4n) is 3.55. The van der Waals surface area contributed by atoms with E-state index < -0.39 is 17.5 Å². The molecule has 3 atom stereocenters. The third-order valence-electron chi connectivity index (χ3n) is 4.80. The van der Waals surface area contributed by atoms with Crippen molar-refractivity contribution in [3.8, 4) is 0 Å². The summed E-state index contributed by atoms with van der Waals surface area (Å²) in [5.41, 5.74) is -0.877. The maximum absolute atomic E-state index is 11.5. The second-order valence-corrected chi connectivity index (χ2v) is 5.97. The highest BCUT2D eigenvalue weighted by atomic mass is 16.5. The molecule has 0 aromatic carbocycles. The number of aliphatic hydroxyl groups is 1. The molecule has 18 heavy (non-hydrogen) atoms. The first-order chi connectivity index (χ1) is 8.54. The molecule has 0 amide bonds. The lowest BCUT2D eigenvalue weighted by Gasteiger charge is -2.30. The Bertz CT molecular complexity index is 298. The number of hydrogen-bond donors (Lipinski definition) is 2. The quantitative estimate of drug-likeness (QED) is 0.791. The predicted molar refractivity (Wildman–Crippen MR) is 67.3 cm³/mol. The molecule has 1 aliphatic heterocycles. The zero-order valence-electron chi connectivity index (χ0n) is 11.1. The van der Waals surface area contributed by atoms with Gasteiger partial charge in [-0.15, -0.1) is 0 Å². The van der Waals surface area contributed by atoms with Crippen LogP contribution in [0.15, 0.2) is 0 Å². The largest absolute Gasteiger partial charge is 0.481 e. The van der Waals surface area contributed by atoms with E-state index in [1.165, 1.54) is 25.7 Å². The SMILES string of the molecule is CC1OCCC1(CC(O)CC1CCCC1)C(=O)O. The van der Waals surface area contributed by atoms with Crippen LogP contribution in [0.2, 0.25) is 0 Å². The zero-order valence-corrected chi connectivity index (χ0v) is 11.1. The molecule has 4 heteroatoms. The van der Waals surface area contributed by atoms with Crippen LogP contribution in [-0.4, -0.2) is 35.0 Å². The lowest BCUT2D eigenvalue weighted by molar-refractivity contribution is -0.154. The molecule has 4 nitrogen and oxygen atoms in total. The summed E-state index contributed by atoms with van der Waals surface area (Å²) in [5, 5.41) is 19.6. The number of hydrogen-bond acceptors (Lipinski definition) is 3. The fourth-order valence-corrected chi connectivity index (χ4v) is 3.55. The number of rotatable bonds is 5. The molecular weight excluding hydrogens is 232 g/mol. The summed E-state index contributed by atoms with van der Waals surface area (Å²) < 4.78 is 5.41. The van der Waals surface area contributed by atoms with Crippen molar-refractivity contribution >= 4 is 5.97 Å². The molecule has 104 valence electrons. The minimum atomic E-state index is -0.877. The summed E-state index contributed by atoms with van der Waals surface area (Å²) in [6.45, 7) is 2.30. The van der Waals surface area contributed by atoms with Crippen molar-refractivity contribution in [2.24, 2.45) is 11.3 Å². The van der Waals surface area contributed by atoms with E-state index in [9.17, 15) is 15.0 Å². The van der Waals surface area contributed by atoms with Gasteiger partial charge in [-0.2, -0.15) is 0 Å². The second-order valence-electron chi connectivity index (χ2n) is 5.97. The normalized spacial score (nSPS) is 34.9. The van der Waals surface area contributed by atoms with Gasteiger partial charge in [0.2, 0.25) is 0 Å².